The molecule has 29 heavy (non-hydrogen) atoms. The Morgan fingerprint density at radius 1 is 0.828 bits per heavy atom. The minimum atomic E-state index is -1.61. The number of nitrogens with zero attached hydrogens (tertiary/aromatic N) is 4. The SMILES string of the molecule is Nc1cnc(-c2ccc(-c3ccccc3S(=O)c3cc(N)ncn3)cc2F)cn1. The quantitative estimate of drug-likeness (QED) is 0.500. The fraction of sp³-hybridized carbons (Fsp3) is 0. The summed E-state index contributed by atoms with van der Waals surface area (Å²) in [6.45, 7) is 0. The number of nitrogen functional groups attached to an aromatic ring is 2. The van der Waals surface area contributed by atoms with Crippen molar-refractivity contribution >= 4 is 22.4 Å². The first-order valence-electron chi connectivity index (χ1n) is 8.49. The third-order valence-electron chi connectivity index (χ3n) is 4.17. The van der Waals surface area contributed by atoms with Crippen molar-refractivity contribution in [3.8, 4) is 22.4 Å². The smallest absolute Gasteiger partial charge is 0.141 e. The van der Waals surface area contributed by atoms with E-state index in [1.54, 1.807) is 36.4 Å². The zero-order chi connectivity index (χ0) is 20.4. The third-order valence-corrected chi connectivity index (χ3v) is 5.53. The van der Waals surface area contributed by atoms with Gasteiger partial charge in [0.05, 0.1) is 23.0 Å². The number of anilines is 2. The molecule has 4 rings (SSSR count). The summed E-state index contributed by atoms with van der Waals surface area (Å²) in [5, 5.41) is 0.277. The number of rotatable bonds is 4. The standard InChI is InChI=1S/C20H15FN6OS/c21-15-7-12(5-6-14(15)16-9-25-19(23)10-24-16)13-3-1-2-4-17(13)29(28)20-8-18(22)26-11-27-20/h1-11H,(H2,23,25)(H2,22,26,27). The minimum Gasteiger partial charge on any atom is -0.384 e. The summed E-state index contributed by atoms with van der Waals surface area (Å²) in [5.74, 6) is 0.00168. The van der Waals surface area contributed by atoms with Crippen molar-refractivity contribution < 1.29 is 8.60 Å². The average molecular weight is 406 g/mol. The average Bonchev–Trinajstić information content (AvgIpc) is 2.74. The van der Waals surface area contributed by atoms with Crippen molar-refractivity contribution in [1.29, 1.82) is 0 Å². The molecule has 0 aliphatic carbocycles. The molecule has 0 aliphatic rings. The predicted octanol–water partition coefficient (Wildman–Crippen LogP) is 3.07. The number of hydrogen-bond acceptors (Lipinski definition) is 7. The number of benzene rings is 2. The Morgan fingerprint density at radius 3 is 2.38 bits per heavy atom. The van der Waals surface area contributed by atoms with Gasteiger partial charge in [0.15, 0.2) is 0 Å². The monoisotopic (exact) mass is 406 g/mol. The topological polar surface area (TPSA) is 121 Å². The van der Waals surface area contributed by atoms with Gasteiger partial charge in [-0.05, 0) is 29.3 Å². The molecule has 144 valence electrons. The van der Waals surface area contributed by atoms with E-state index in [4.69, 9.17) is 11.5 Å². The van der Waals surface area contributed by atoms with Crippen LogP contribution in [0, 0.1) is 5.82 Å². The van der Waals surface area contributed by atoms with Gasteiger partial charge in [0.2, 0.25) is 0 Å². The van der Waals surface area contributed by atoms with Crippen LogP contribution in [0.25, 0.3) is 22.4 Å². The van der Waals surface area contributed by atoms with Crippen LogP contribution in [0.2, 0.25) is 0 Å². The van der Waals surface area contributed by atoms with Gasteiger partial charge in [-0.25, -0.2) is 23.6 Å². The minimum absolute atomic E-state index is 0.223. The van der Waals surface area contributed by atoms with Crippen LogP contribution in [0.3, 0.4) is 0 Å². The van der Waals surface area contributed by atoms with Gasteiger partial charge < -0.3 is 11.5 Å². The zero-order valence-corrected chi connectivity index (χ0v) is 15.8. The number of nitrogens with two attached hydrogens (primary N) is 2. The maximum Gasteiger partial charge on any atom is 0.141 e. The van der Waals surface area contributed by atoms with Crippen molar-refractivity contribution in [3.63, 3.8) is 0 Å². The molecule has 1 unspecified atom stereocenters. The molecule has 4 N–H and O–H groups in total. The van der Waals surface area contributed by atoms with Crippen molar-refractivity contribution in [3.05, 3.63) is 73.1 Å². The van der Waals surface area contributed by atoms with Crippen molar-refractivity contribution in [2.24, 2.45) is 0 Å². The summed E-state index contributed by atoms with van der Waals surface area (Å²) >= 11 is 0. The summed E-state index contributed by atoms with van der Waals surface area (Å²) in [6.07, 6.45) is 4.04. The molecule has 2 aromatic carbocycles. The van der Waals surface area contributed by atoms with E-state index in [1.165, 1.54) is 30.9 Å². The van der Waals surface area contributed by atoms with Crippen LogP contribution in [0.4, 0.5) is 16.0 Å². The maximum absolute atomic E-state index is 14.8. The maximum atomic E-state index is 14.8. The summed E-state index contributed by atoms with van der Waals surface area (Å²) in [6, 6.07) is 13.2. The molecule has 0 radical (unpaired) electrons. The Morgan fingerprint density at radius 2 is 1.66 bits per heavy atom. The highest BCUT2D eigenvalue weighted by atomic mass is 32.2. The second-order valence-corrected chi connectivity index (χ2v) is 7.46. The van der Waals surface area contributed by atoms with Gasteiger partial charge in [-0.15, -0.1) is 0 Å². The Balaban J connectivity index is 1.75. The zero-order valence-electron chi connectivity index (χ0n) is 15.0. The highest BCUT2D eigenvalue weighted by Gasteiger charge is 2.16. The van der Waals surface area contributed by atoms with Gasteiger partial charge in [0.1, 0.15) is 39.6 Å². The summed E-state index contributed by atoms with van der Waals surface area (Å²) in [5.41, 5.74) is 13.1. The molecule has 7 nitrogen and oxygen atoms in total. The van der Waals surface area contributed by atoms with Crippen molar-refractivity contribution in [2.45, 2.75) is 9.92 Å². The Kier molecular flexibility index (Phi) is 4.96. The number of hydrogen-bond donors (Lipinski definition) is 2. The molecule has 2 heterocycles. The second-order valence-electron chi connectivity index (χ2n) is 6.07. The number of aromatic nitrogens is 4. The molecule has 0 aliphatic heterocycles. The molecule has 0 saturated heterocycles. The molecule has 0 bridgehead atoms. The predicted molar refractivity (Wildman–Crippen MR) is 108 cm³/mol. The van der Waals surface area contributed by atoms with Gasteiger partial charge in [-0.3, -0.25) is 4.98 Å². The van der Waals surface area contributed by atoms with Crippen LogP contribution in [0.5, 0.6) is 0 Å². The van der Waals surface area contributed by atoms with Crippen LogP contribution < -0.4 is 11.5 Å². The first-order valence-corrected chi connectivity index (χ1v) is 9.64. The van der Waals surface area contributed by atoms with Crippen LogP contribution >= 0.6 is 0 Å². The van der Waals surface area contributed by atoms with Crippen LogP contribution in [-0.4, -0.2) is 24.1 Å². The lowest BCUT2D eigenvalue weighted by atomic mass is 10.0. The van der Waals surface area contributed by atoms with Gasteiger partial charge in [-0.2, -0.15) is 0 Å². The summed E-state index contributed by atoms with van der Waals surface area (Å²) in [4.78, 5) is 16.4. The lowest BCUT2D eigenvalue weighted by Crippen LogP contribution is -2.01. The fourth-order valence-corrected chi connectivity index (χ4v) is 3.99. The van der Waals surface area contributed by atoms with E-state index in [2.05, 4.69) is 19.9 Å². The first kappa shape index (κ1) is 18.6. The van der Waals surface area contributed by atoms with E-state index >= 15 is 0 Å². The second kappa shape index (κ2) is 7.72. The highest BCUT2D eigenvalue weighted by Crippen LogP contribution is 2.31. The summed E-state index contributed by atoms with van der Waals surface area (Å²) in [7, 11) is -1.61. The summed E-state index contributed by atoms with van der Waals surface area (Å²) < 4.78 is 27.9. The van der Waals surface area contributed by atoms with E-state index in [0.29, 0.717) is 27.3 Å². The third kappa shape index (κ3) is 3.81. The van der Waals surface area contributed by atoms with Gasteiger partial charge in [-0.1, -0.05) is 24.3 Å². The largest absolute Gasteiger partial charge is 0.384 e. The lowest BCUT2D eigenvalue weighted by Gasteiger charge is -2.11. The van der Waals surface area contributed by atoms with E-state index < -0.39 is 16.6 Å². The first-order chi connectivity index (χ1) is 14.0. The van der Waals surface area contributed by atoms with Crippen LogP contribution in [-0.2, 0) is 10.8 Å². The highest BCUT2D eigenvalue weighted by molar-refractivity contribution is 7.85. The van der Waals surface area contributed by atoms with E-state index in [1.807, 2.05) is 0 Å². The van der Waals surface area contributed by atoms with Gasteiger partial charge >= 0.3 is 0 Å². The van der Waals surface area contributed by atoms with E-state index in [0.717, 1.165) is 0 Å². The molecule has 4 aromatic rings. The van der Waals surface area contributed by atoms with Crippen LogP contribution in [0.15, 0.2) is 77.2 Å². The molecule has 0 fully saturated rings. The molecule has 9 heteroatoms. The molecule has 0 spiro atoms. The molecular formula is C20H15FN6OS. The van der Waals surface area contributed by atoms with Crippen molar-refractivity contribution in [2.75, 3.05) is 11.5 Å². The lowest BCUT2D eigenvalue weighted by molar-refractivity contribution is 0.631. The molecule has 2 aromatic heterocycles. The molecule has 0 saturated carbocycles. The van der Waals surface area contributed by atoms with Crippen LogP contribution in [0.1, 0.15) is 0 Å². The fourth-order valence-electron chi connectivity index (χ4n) is 2.80. The van der Waals surface area contributed by atoms with E-state index in [9.17, 15) is 8.60 Å². The Hall–Kier alpha value is -3.72. The Bertz CT molecular complexity index is 1220. The Labute approximate surface area is 168 Å². The molecular weight excluding hydrogens is 391 g/mol. The van der Waals surface area contributed by atoms with Crippen molar-refractivity contribution in [1.82, 2.24) is 19.9 Å². The van der Waals surface area contributed by atoms with E-state index in [-0.39, 0.29) is 16.7 Å². The molecule has 0 amide bonds. The van der Waals surface area contributed by atoms with Gasteiger partial charge in [0.25, 0.3) is 0 Å². The number of halogens is 1. The molecule has 1 atom stereocenters. The normalized spacial score (nSPS) is 11.9. The van der Waals surface area contributed by atoms with Gasteiger partial charge in [0, 0.05) is 11.6 Å².